The minimum atomic E-state index is -0.204. The molecule has 21 heavy (non-hydrogen) atoms. The Bertz CT molecular complexity index is 654. The summed E-state index contributed by atoms with van der Waals surface area (Å²) < 4.78 is 6.84. The lowest BCUT2D eigenvalue weighted by molar-refractivity contribution is 0.101. The number of carbonyl (C=O) groups is 1. The summed E-state index contributed by atoms with van der Waals surface area (Å²) in [6, 6.07) is 9.14. The van der Waals surface area contributed by atoms with E-state index in [1.165, 1.54) is 0 Å². The highest BCUT2D eigenvalue weighted by Crippen LogP contribution is 2.25. The SMILES string of the molecule is COc1ccccc1NC(=O)c1cc(C(C)(C)C)nn1C. The molecule has 1 N–H and O–H groups in total. The van der Waals surface area contributed by atoms with Crippen LogP contribution in [-0.4, -0.2) is 22.8 Å². The van der Waals surface area contributed by atoms with E-state index in [0.717, 1.165) is 5.69 Å². The van der Waals surface area contributed by atoms with E-state index in [9.17, 15) is 4.79 Å². The van der Waals surface area contributed by atoms with Crippen LogP contribution in [0.1, 0.15) is 37.0 Å². The molecule has 112 valence electrons. The van der Waals surface area contributed by atoms with Crippen molar-refractivity contribution in [3.63, 3.8) is 0 Å². The maximum absolute atomic E-state index is 12.4. The number of anilines is 1. The Morgan fingerprint density at radius 2 is 1.95 bits per heavy atom. The molecular weight excluding hydrogens is 266 g/mol. The van der Waals surface area contributed by atoms with Crippen LogP contribution in [0.5, 0.6) is 5.75 Å². The number of methoxy groups -OCH3 is 1. The first-order valence-electron chi connectivity index (χ1n) is 6.82. The van der Waals surface area contributed by atoms with Crippen molar-refractivity contribution in [3.05, 3.63) is 41.7 Å². The van der Waals surface area contributed by atoms with Gasteiger partial charge in [-0.3, -0.25) is 9.48 Å². The van der Waals surface area contributed by atoms with Crippen LogP contribution < -0.4 is 10.1 Å². The maximum Gasteiger partial charge on any atom is 0.274 e. The van der Waals surface area contributed by atoms with Gasteiger partial charge in [-0.2, -0.15) is 5.10 Å². The Morgan fingerprint density at radius 1 is 1.29 bits per heavy atom. The van der Waals surface area contributed by atoms with Crippen LogP contribution in [0.2, 0.25) is 0 Å². The normalized spacial score (nSPS) is 11.3. The molecule has 5 heteroatoms. The summed E-state index contributed by atoms with van der Waals surface area (Å²) >= 11 is 0. The summed E-state index contributed by atoms with van der Waals surface area (Å²) in [6.07, 6.45) is 0. The second-order valence-electron chi connectivity index (χ2n) is 5.94. The quantitative estimate of drug-likeness (QED) is 0.944. The first-order valence-corrected chi connectivity index (χ1v) is 6.82. The molecule has 0 radical (unpaired) electrons. The molecular formula is C16H21N3O2. The second-order valence-corrected chi connectivity index (χ2v) is 5.94. The van der Waals surface area contributed by atoms with Crippen molar-refractivity contribution >= 4 is 11.6 Å². The van der Waals surface area contributed by atoms with Crippen LogP contribution in [-0.2, 0) is 12.5 Å². The van der Waals surface area contributed by atoms with Gasteiger partial charge in [0.25, 0.3) is 5.91 Å². The lowest BCUT2D eigenvalue weighted by atomic mass is 9.92. The molecule has 5 nitrogen and oxygen atoms in total. The first kappa shape index (κ1) is 15.1. The Balaban J connectivity index is 2.27. The highest BCUT2D eigenvalue weighted by atomic mass is 16.5. The fourth-order valence-corrected chi connectivity index (χ4v) is 1.98. The lowest BCUT2D eigenvalue weighted by Gasteiger charge is -2.13. The summed E-state index contributed by atoms with van der Waals surface area (Å²) in [4.78, 5) is 12.4. The molecule has 2 rings (SSSR count). The van der Waals surface area contributed by atoms with Crippen molar-refractivity contribution in [3.8, 4) is 5.75 Å². The fourth-order valence-electron chi connectivity index (χ4n) is 1.98. The predicted molar refractivity (Wildman–Crippen MR) is 82.9 cm³/mol. The number of ether oxygens (including phenoxy) is 1. The van der Waals surface area contributed by atoms with Gasteiger partial charge in [0.15, 0.2) is 0 Å². The van der Waals surface area contributed by atoms with Crippen LogP contribution in [0.25, 0.3) is 0 Å². The molecule has 0 aliphatic carbocycles. The zero-order valence-electron chi connectivity index (χ0n) is 13.1. The minimum Gasteiger partial charge on any atom is -0.495 e. The van der Waals surface area contributed by atoms with Gasteiger partial charge in [-0.05, 0) is 18.2 Å². The highest BCUT2D eigenvalue weighted by molar-refractivity contribution is 6.04. The third-order valence-electron chi connectivity index (χ3n) is 3.24. The van der Waals surface area contributed by atoms with Crippen molar-refractivity contribution in [2.75, 3.05) is 12.4 Å². The summed E-state index contributed by atoms with van der Waals surface area (Å²) in [5.74, 6) is 0.425. The minimum absolute atomic E-state index is 0.0965. The standard InChI is InChI=1S/C16H21N3O2/c1-16(2,3)14-10-12(19(4)18-14)15(20)17-11-8-6-7-9-13(11)21-5/h6-10H,1-5H3,(H,17,20). The summed E-state index contributed by atoms with van der Waals surface area (Å²) in [7, 11) is 3.35. The van der Waals surface area contributed by atoms with E-state index in [4.69, 9.17) is 4.74 Å². The Labute approximate surface area is 124 Å². The van der Waals surface area contributed by atoms with Crippen molar-refractivity contribution in [2.45, 2.75) is 26.2 Å². The molecule has 1 heterocycles. The number of benzene rings is 1. The first-order chi connectivity index (χ1) is 9.82. The van der Waals surface area contributed by atoms with Gasteiger partial charge >= 0.3 is 0 Å². The van der Waals surface area contributed by atoms with E-state index in [-0.39, 0.29) is 11.3 Å². The largest absolute Gasteiger partial charge is 0.495 e. The maximum atomic E-state index is 12.4. The molecule has 2 aromatic rings. The zero-order valence-corrected chi connectivity index (χ0v) is 13.1. The monoisotopic (exact) mass is 287 g/mol. The van der Waals surface area contributed by atoms with Gasteiger partial charge in [-0.25, -0.2) is 0 Å². The molecule has 0 bridgehead atoms. The van der Waals surface area contributed by atoms with Crippen LogP contribution in [0.15, 0.2) is 30.3 Å². The number of aryl methyl sites for hydroxylation is 1. The zero-order chi connectivity index (χ0) is 15.6. The molecule has 0 unspecified atom stereocenters. The molecule has 1 amide bonds. The van der Waals surface area contributed by atoms with E-state index in [1.807, 2.05) is 18.2 Å². The smallest absolute Gasteiger partial charge is 0.274 e. The van der Waals surface area contributed by atoms with Crippen LogP contribution in [0.4, 0.5) is 5.69 Å². The number of carbonyl (C=O) groups excluding carboxylic acids is 1. The molecule has 0 aliphatic heterocycles. The van der Waals surface area contributed by atoms with Crippen molar-refractivity contribution in [2.24, 2.45) is 7.05 Å². The fraction of sp³-hybridized carbons (Fsp3) is 0.375. The van der Waals surface area contributed by atoms with Crippen LogP contribution in [0, 0.1) is 0 Å². The average molecular weight is 287 g/mol. The van der Waals surface area contributed by atoms with Gasteiger partial charge in [0.1, 0.15) is 11.4 Å². The third kappa shape index (κ3) is 3.24. The average Bonchev–Trinajstić information content (AvgIpc) is 2.81. The molecule has 0 spiro atoms. The van der Waals surface area contributed by atoms with E-state index < -0.39 is 0 Å². The molecule has 0 fully saturated rings. The second kappa shape index (κ2) is 5.60. The Kier molecular flexibility index (Phi) is 4.02. The molecule has 1 aromatic carbocycles. The number of aromatic nitrogens is 2. The number of rotatable bonds is 3. The van der Waals surface area contributed by atoms with E-state index in [0.29, 0.717) is 17.1 Å². The number of hydrogen-bond acceptors (Lipinski definition) is 3. The molecule has 1 aromatic heterocycles. The molecule has 0 atom stereocenters. The van der Waals surface area contributed by atoms with Gasteiger partial charge in [0, 0.05) is 12.5 Å². The lowest BCUT2D eigenvalue weighted by Crippen LogP contribution is -2.16. The summed E-state index contributed by atoms with van der Waals surface area (Å²) in [6.45, 7) is 6.20. The van der Waals surface area contributed by atoms with E-state index in [2.05, 4.69) is 31.2 Å². The number of nitrogens with zero attached hydrogens (tertiary/aromatic N) is 2. The van der Waals surface area contributed by atoms with Gasteiger partial charge in [0.05, 0.1) is 18.5 Å². The van der Waals surface area contributed by atoms with Crippen molar-refractivity contribution in [1.82, 2.24) is 9.78 Å². The summed E-state index contributed by atoms with van der Waals surface area (Å²) in [5.41, 5.74) is 1.95. The summed E-state index contributed by atoms with van der Waals surface area (Å²) in [5, 5.41) is 7.27. The highest BCUT2D eigenvalue weighted by Gasteiger charge is 2.22. The molecule has 0 saturated heterocycles. The topological polar surface area (TPSA) is 56.1 Å². The number of hydrogen-bond donors (Lipinski definition) is 1. The van der Waals surface area contributed by atoms with Crippen molar-refractivity contribution in [1.29, 1.82) is 0 Å². The third-order valence-corrected chi connectivity index (χ3v) is 3.24. The van der Waals surface area contributed by atoms with Crippen molar-refractivity contribution < 1.29 is 9.53 Å². The number of para-hydroxylation sites is 2. The van der Waals surface area contributed by atoms with E-state index in [1.54, 1.807) is 31.0 Å². The van der Waals surface area contributed by atoms with Gasteiger partial charge < -0.3 is 10.1 Å². The van der Waals surface area contributed by atoms with Gasteiger partial charge in [0.2, 0.25) is 0 Å². The van der Waals surface area contributed by atoms with Gasteiger partial charge in [-0.15, -0.1) is 0 Å². The van der Waals surface area contributed by atoms with Gasteiger partial charge in [-0.1, -0.05) is 32.9 Å². The number of amides is 1. The van der Waals surface area contributed by atoms with Crippen LogP contribution in [0.3, 0.4) is 0 Å². The predicted octanol–water partition coefficient (Wildman–Crippen LogP) is 2.98. The molecule has 0 aliphatic rings. The Hall–Kier alpha value is -2.30. The van der Waals surface area contributed by atoms with Crippen LogP contribution >= 0.6 is 0 Å². The Morgan fingerprint density at radius 3 is 2.52 bits per heavy atom. The number of nitrogens with one attached hydrogen (secondary N) is 1. The molecule has 0 saturated carbocycles. The van der Waals surface area contributed by atoms with E-state index >= 15 is 0 Å².